The molecule has 0 radical (unpaired) electrons. The fourth-order valence-corrected chi connectivity index (χ4v) is 4.58. The first-order valence-corrected chi connectivity index (χ1v) is 11.4. The summed E-state index contributed by atoms with van der Waals surface area (Å²) in [4.78, 5) is 20.6. The van der Waals surface area contributed by atoms with Crippen LogP contribution in [0.15, 0.2) is 60.8 Å². The Morgan fingerprint density at radius 3 is 2.73 bits per heavy atom. The average Bonchev–Trinajstić information content (AvgIpc) is 3.04. The number of carboxylic acids is 1. The van der Waals surface area contributed by atoms with E-state index in [1.807, 2.05) is 42.5 Å². The fourth-order valence-electron chi connectivity index (χ4n) is 4.58. The van der Waals surface area contributed by atoms with E-state index in [1.54, 1.807) is 13.3 Å². The molecule has 0 saturated carbocycles. The van der Waals surface area contributed by atoms with Crippen molar-refractivity contribution in [3.8, 4) is 5.75 Å². The van der Waals surface area contributed by atoms with E-state index in [9.17, 15) is 15.0 Å². The summed E-state index contributed by atoms with van der Waals surface area (Å²) in [6.45, 7) is 3.13. The SMILES string of the molecule is COc1ccc2nccc(C(O)CN3CCC(C(=O)O)N(CCc4ccccc4)CC3)c2c1. The number of benzene rings is 2. The number of rotatable bonds is 8. The van der Waals surface area contributed by atoms with Crippen LogP contribution in [0.3, 0.4) is 0 Å². The monoisotopic (exact) mass is 449 g/mol. The molecule has 0 amide bonds. The lowest BCUT2D eigenvalue weighted by Crippen LogP contribution is -2.42. The largest absolute Gasteiger partial charge is 0.497 e. The number of aliphatic hydroxyl groups excluding tert-OH is 1. The zero-order valence-corrected chi connectivity index (χ0v) is 18.9. The highest BCUT2D eigenvalue weighted by molar-refractivity contribution is 5.83. The lowest BCUT2D eigenvalue weighted by atomic mass is 10.0. The topological polar surface area (TPSA) is 86.1 Å². The number of pyridine rings is 1. The second-order valence-electron chi connectivity index (χ2n) is 8.51. The standard InChI is InChI=1S/C26H31N3O4/c1-33-20-7-8-23-22(17-20)21(9-12-27-23)25(30)18-28-13-11-24(26(31)32)29(16-15-28)14-10-19-5-3-2-4-6-19/h2-9,12,17,24-25,30H,10-11,13-16,18H2,1H3,(H,31,32). The Kier molecular flexibility index (Phi) is 7.54. The predicted octanol–water partition coefficient (Wildman–Crippen LogP) is 2.98. The molecule has 1 aromatic heterocycles. The summed E-state index contributed by atoms with van der Waals surface area (Å²) in [5.41, 5.74) is 2.82. The second kappa shape index (κ2) is 10.7. The Bertz CT molecular complexity index is 1080. The molecule has 1 aliphatic heterocycles. The number of aliphatic hydroxyl groups is 1. The second-order valence-corrected chi connectivity index (χ2v) is 8.51. The number of methoxy groups -OCH3 is 1. The number of fused-ring (bicyclic) bond motifs is 1. The van der Waals surface area contributed by atoms with E-state index in [0.717, 1.165) is 28.6 Å². The number of hydrogen-bond acceptors (Lipinski definition) is 6. The third kappa shape index (κ3) is 5.68. The number of nitrogens with zero attached hydrogens (tertiary/aromatic N) is 3. The molecule has 2 unspecified atom stereocenters. The van der Waals surface area contributed by atoms with Gasteiger partial charge < -0.3 is 14.9 Å². The summed E-state index contributed by atoms with van der Waals surface area (Å²) < 4.78 is 5.34. The van der Waals surface area contributed by atoms with Crippen molar-refractivity contribution in [2.75, 3.05) is 39.8 Å². The van der Waals surface area contributed by atoms with E-state index in [4.69, 9.17) is 4.74 Å². The van der Waals surface area contributed by atoms with Crippen molar-refractivity contribution in [2.45, 2.75) is 25.0 Å². The quantitative estimate of drug-likeness (QED) is 0.547. The van der Waals surface area contributed by atoms with Gasteiger partial charge in [-0.05, 0) is 48.2 Å². The van der Waals surface area contributed by atoms with Crippen LogP contribution in [0.5, 0.6) is 5.75 Å². The van der Waals surface area contributed by atoms with Gasteiger partial charge in [-0.1, -0.05) is 30.3 Å². The molecule has 7 nitrogen and oxygen atoms in total. The van der Waals surface area contributed by atoms with E-state index < -0.39 is 18.1 Å². The maximum Gasteiger partial charge on any atom is 0.320 e. The fraction of sp³-hybridized carbons (Fsp3) is 0.385. The van der Waals surface area contributed by atoms with Gasteiger partial charge in [0.05, 0.1) is 18.7 Å². The molecular formula is C26H31N3O4. The predicted molar refractivity (Wildman–Crippen MR) is 127 cm³/mol. The highest BCUT2D eigenvalue weighted by atomic mass is 16.5. The zero-order valence-electron chi connectivity index (χ0n) is 18.9. The molecule has 2 N–H and O–H groups in total. The molecule has 1 fully saturated rings. The summed E-state index contributed by atoms with van der Waals surface area (Å²) in [6, 6.07) is 17.1. The van der Waals surface area contributed by atoms with Gasteiger partial charge in [0.25, 0.3) is 0 Å². The Hall–Kier alpha value is -3.00. The minimum absolute atomic E-state index is 0.440. The summed E-state index contributed by atoms with van der Waals surface area (Å²) >= 11 is 0. The van der Waals surface area contributed by atoms with Gasteiger partial charge in [0.2, 0.25) is 0 Å². The lowest BCUT2D eigenvalue weighted by molar-refractivity contribution is -0.143. The van der Waals surface area contributed by atoms with Gasteiger partial charge in [-0.2, -0.15) is 0 Å². The number of aromatic nitrogens is 1. The number of β-amino-alcohol motifs (C(OH)–C–C–N with tert-alkyl or cyclic N) is 1. The van der Waals surface area contributed by atoms with Crippen molar-refractivity contribution >= 4 is 16.9 Å². The molecule has 0 aliphatic carbocycles. The van der Waals surface area contributed by atoms with E-state index in [1.165, 1.54) is 5.56 Å². The molecule has 1 saturated heterocycles. The highest BCUT2D eigenvalue weighted by Gasteiger charge is 2.30. The third-order valence-electron chi connectivity index (χ3n) is 6.45. The molecule has 1 aliphatic rings. The maximum atomic E-state index is 12.0. The summed E-state index contributed by atoms with van der Waals surface area (Å²) in [5.74, 6) is -0.0604. The normalized spacial score (nSPS) is 18.7. The number of aliphatic carboxylic acids is 1. The van der Waals surface area contributed by atoms with Crippen LogP contribution in [0.2, 0.25) is 0 Å². The first-order chi connectivity index (χ1) is 16.0. The van der Waals surface area contributed by atoms with Crippen LogP contribution in [0.25, 0.3) is 10.9 Å². The molecule has 0 bridgehead atoms. The number of carboxylic acid groups (broad SMARTS) is 1. The molecule has 2 heterocycles. The van der Waals surface area contributed by atoms with Gasteiger partial charge in [-0.3, -0.25) is 19.6 Å². The molecule has 7 heteroatoms. The number of carbonyl (C=O) groups is 1. The van der Waals surface area contributed by atoms with Crippen LogP contribution in [0.4, 0.5) is 0 Å². The van der Waals surface area contributed by atoms with Gasteiger partial charge in [-0.25, -0.2) is 0 Å². The van der Waals surface area contributed by atoms with E-state index in [0.29, 0.717) is 39.1 Å². The van der Waals surface area contributed by atoms with Gasteiger partial charge in [0, 0.05) is 44.3 Å². The molecule has 4 rings (SSSR count). The van der Waals surface area contributed by atoms with Crippen molar-refractivity contribution in [3.63, 3.8) is 0 Å². The average molecular weight is 450 g/mol. The van der Waals surface area contributed by atoms with Crippen molar-refractivity contribution in [1.29, 1.82) is 0 Å². The molecular weight excluding hydrogens is 418 g/mol. The first-order valence-electron chi connectivity index (χ1n) is 11.4. The van der Waals surface area contributed by atoms with Gasteiger partial charge in [-0.15, -0.1) is 0 Å². The van der Waals surface area contributed by atoms with E-state index in [-0.39, 0.29) is 0 Å². The first kappa shape index (κ1) is 23.2. The Labute approximate surface area is 194 Å². The maximum absolute atomic E-state index is 12.0. The van der Waals surface area contributed by atoms with Crippen LogP contribution < -0.4 is 4.74 Å². The number of ether oxygens (including phenoxy) is 1. The van der Waals surface area contributed by atoms with Crippen molar-refractivity contribution in [3.05, 3.63) is 71.9 Å². The van der Waals surface area contributed by atoms with Crippen LogP contribution >= 0.6 is 0 Å². The number of hydrogen-bond donors (Lipinski definition) is 2. The third-order valence-corrected chi connectivity index (χ3v) is 6.45. The van der Waals surface area contributed by atoms with Crippen LogP contribution in [-0.4, -0.2) is 76.8 Å². The molecule has 2 aromatic carbocycles. The minimum Gasteiger partial charge on any atom is -0.497 e. The summed E-state index contributed by atoms with van der Waals surface area (Å²) in [5, 5.41) is 21.8. The molecule has 0 spiro atoms. The van der Waals surface area contributed by atoms with E-state index >= 15 is 0 Å². The summed E-state index contributed by atoms with van der Waals surface area (Å²) in [6.07, 6.45) is 2.35. The molecule has 174 valence electrons. The van der Waals surface area contributed by atoms with Crippen molar-refractivity contribution < 1.29 is 19.7 Å². The van der Waals surface area contributed by atoms with Gasteiger partial charge in [0.1, 0.15) is 11.8 Å². The minimum atomic E-state index is -0.780. The van der Waals surface area contributed by atoms with E-state index in [2.05, 4.69) is 26.9 Å². The Morgan fingerprint density at radius 1 is 1.15 bits per heavy atom. The van der Waals surface area contributed by atoms with Gasteiger partial charge in [0.15, 0.2) is 0 Å². The molecule has 2 atom stereocenters. The van der Waals surface area contributed by atoms with Crippen LogP contribution in [0.1, 0.15) is 23.7 Å². The molecule has 33 heavy (non-hydrogen) atoms. The molecule has 3 aromatic rings. The Morgan fingerprint density at radius 2 is 1.97 bits per heavy atom. The van der Waals surface area contributed by atoms with Crippen molar-refractivity contribution in [2.24, 2.45) is 0 Å². The van der Waals surface area contributed by atoms with Crippen LogP contribution in [0, 0.1) is 0 Å². The van der Waals surface area contributed by atoms with Crippen molar-refractivity contribution in [1.82, 2.24) is 14.8 Å². The Balaban J connectivity index is 1.44. The highest BCUT2D eigenvalue weighted by Crippen LogP contribution is 2.27. The zero-order chi connectivity index (χ0) is 23.2. The van der Waals surface area contributed by atoms with Crippen LogP contribution in [-0.2, 0) is 11.2 Å². The lowest BCUT2D eigenvalue weighted by Gasteiger charge is -2.26. The summed E-state index contributed by atoms with van der Waals surface area (Å²) in [7, 11) is 1.62. The smallest absolute Gasteiger partial charge is 0.320 e. The van der Waals surface area contributed by atoms with Gasteiger partial charge >= 0.3 is 5.97 Å².